The van der Waals surface area contributed by atoms with Gasteiger partial charge in [-0.25, -0.2) is 4.68 Å². The summed E-state index contributed by atoms with van der Waals surface area (Å²) in [5.41, 5.74) is 2.79. The number of nitrogens with zero attached hydrogens (tertiary/aromatic N) is 5. The van der Waals surface area contributed by atoms with E-state index in [4.69, 9.17) is 4.74 Å². The van der Waals surface area contributed by atoms with E-state index in [9.17, 15) is 4.79 Å². The van der Waals surface area contributed by atoms with Crippen molar-refractivity contribution >= 4 is 11.9 Å². The molecule has 7 nitrogen and oxygen atoms in total. The van der Waals surface area contributed by atoms with E-state index in [0.717, 1.165) is 35.7 Å². The first-order valence-electron chi connectivity index (χ1n) is 10.4. The van der Waals surface area contributed by atoms with E-state index in [1.54, 1.807) is 6.33 Å². The highest BCUT2D eigenvalue weighted by molar-refractivity contribution is 5.97. The molecule has 7 heteroatoms. The van der Waals surface area contributed by atoms with Crippen LogP contribution in [-0.2, 0) is 9.53 Å². The zero-order valence-corrected chi connectivity index (χ0v) is 17.4. The summed E-state index contributed by atoms with van der Waals surface area (Å²) < 4.78 is 7.36. The maximum Gasteiger partial charge on any atom is 0.254 e. The summed E-state index contributed by atoms with van der Waals surface area (Å²) in [6, 6.07) is 9.83. The van der Waals surface area contributed by atoms with E-state index in [1.807, 2.05) is 34.7 Å². The number of aromatic nitrogens is 3. The molecule has 154 valence electrons. The van der Waals surface area contributed by atoms with Gasteiger partial charge in [0.25, 0.3) is 5.91 Å². The van der Waals surface area contributed by atoms with Crippen LogP contribution in [0.15, 0.2) is 47.9 Å². The molecule has 3 heterocycles. The van der Waals surface area contributed by atoms with Gasteiger partial charge in [0.1, 0.15) is 12.4 Å². The van der Waals surface area contributed by atoms with Crippen LogP contribution in [0.1, 0.15) is 38.8 Å². The molecule has 0 radical (unpaired) electrons. The molecule has 1 amide bonds. The zero-order valence-electron chi connectivity index (χ0n) is 17.4. The van der Waals surface area contributed by atoms with Crippen LogP contribution in [0, 0.1) is 5.92 Å². The molecular weight excluding hydrogens is 366 g/mol. The number of hydrogen-bond acceptors (Lipinski definition) is 5. The normalized spacial score (nSPS) is 19.7. The highest BCUT2D eigenvalue weighted by Gasteiger charge is 2.38. The van der Waals surface area contributed by atoms with Crippen molar-refractivity contribution in [1.29, 1.82) is 0 Å². The van der Waals surface area contributed by atoms with Gasteiger partial charge in [0.05, 0.1) is 18.8 Å². The maximum atomic E-state index is 13.7. The quantitative estimate of drug-likeness (QED) is 0.779. The Morgan fingerprint density at radius 1 is 1.21 bits per heavy atom. The molecule has 2 aromatic rings. The van der Waals surface area contributed by atoms with Crippen molar-refractivity contribution in [2.75, 3.05) is 37.7 Å². The average molecular weight is 396 g/mol. The lowest BCUT2D eigenvalue weighted by atomic mass is 9.93. The summed E-state index contributed by atoms with van der Waals surface area (Å²) in [6.45, 7) is 9.67. The summed E-state index contributed by atoms with van der Waals surface area (Å²) >= 11 is 0. The van der Waals surface area contributed by atoms with Crippen LogP contribution in [0.25, 0.3) is 0 Å². The van der Waals surface area contributed by atoms with Crippen molar-refractivity contribution in [3.63, 3.8) is 0 Å². The lowest BCUT2D eigenvalue weighted by molar-refractivity contribution is -0.131. The highest BCUT2D eigenvalue weighted by atomic mass is 16.5. The molecule has 4 rings (SSSR count). The Morgan fingerprint density at radius 2 is 1.93 bits per heavy atom. The molecular formula is C22H29N5O2. The fourth-order valence-corrected chi connectivity index (χ4v) is 4.04. The van der Waals surface area contributed by atoms with Crippen LogP contribution in [-0.4, -0.2) is 58.4 Å². The monoisotopic (exact) mass is 395 g/mol. The van der Waals surface area contributed by atoms with E-state index in [-0.39, 0.29) is 11.9 Å². The number of rotatable bonds is 5. The SMILES string of the molecule is CC1=C(C(=O)N2CCOCC2)[C@@H](c2ccccc2)n2ncnc2N1CCC(C)C. The number of anilines is 1. The molecule has 0 unspecified atom stereocenters. The summed E-state index contributed by atoms with van der Waals surface area (Å²) in [4.78, 5) is 22.3. The van der Waals surface area contributed by atoms with Gasteiger partial charge < -0.3 is 14.5 Å². The van der Waals surface area contributed by atoms with Crippen LogP contribution in [0.5, 0.6) is 0 Å². The highest BCUT2D eigenvalue weighted by Crippen LogP contribution is 2.39. The Balaban J connectivity index is 1.81. The van der Waals surface area contributed by atoms with Crippen molar-refractivity contribution in [3.05, 3.63) is 53.5 Å². The first-order valence-corrected chi connectivity index (χ1v) is 10.4. The van der Waals surface area contributed by atoms with Gasteiger partial charge in [-0.2, -0.15) is 10.1 Å². The predicted molar refractivity (Wildman–Crippen MR) is 112 cm³/mol. The molecule has 1 saturated heterocycles. The number of allylic oxidation sites excluding steroid dienone is 1. The lowest BCUT2D eigenvalue weighted by Gasteiger charge is -2.38. The molecule has 2 aliphatic heterocycles. The molecule has 0 N–H and O–H groups in total. The largest absolute Gasteiger partial charge is 0.378 e. The van der Waals surface area contributed by atoms with Crippen LogP contribution in [0.3, 0.4) is 0 Å². The Morgan fingerprint density at radius 3 is 2.62 bits per heavy atom. The van der Waals surface area contributed by atoms with Gasteiger partial charge >= 0.3 is 0 Å². The average Bonchev–Trinajstić information content (AvgIpc) is 3.22. The minimum atomic E-state index is -0.278. The first-order chi connectivity index (χ1) is 14.1. The second kappa shape index (κ2) is 8.37. The standard InChI is InChI=1S/C22H29N5O2/c1-16(2)9-10-26-17(3)19(21(28)25-11-13-29-14-12-25)20(18-7-5-4-6-8-18)27-22(26)23-15-24-27/h4-8,15-16,20H,9-14H2,1-3H3/t20-/m1/s1. The van der Waals surface area contributed by atoms with E-state index >= 15 is 0 Å². The first kappa shape index (κ1) is 19.6. The summed E-state index contributed by atoms with van der Waals surface area (Å²) in [5.74, 6) is 1.43. The maximum absolute atomic E-state index is 13.7. The third kappa shape index (κ3) is 3.79. The van der Waals surface area contributed by atoms with Crippen molar-refractivity contribution in [3.8, 4) is 0 Å². The predicted octanol–water partition coefficient (Wildman–Crippen LogP) is 2.87. The molecule has 1 aromatic carbocycles. The third-order valence-corrected chi connectivity index (χ3v) is 5.68. The number of carbonyl (C=O) groups excluding carboxylic acids is 1. The smallest absolute Gasteiger partial charge is 0.254 e. The number of benzene rings is 1. The lowest BCUT2D eigenvalue weighted by Crippen LogP contribution is -2.45. The molecule has 1 atom stereocenters. The Hall–Kier alpha value is -2.67. The molecule has 0 bridgehead atoms. The fourth-order valence-electron chi connectivity index (χ4n) is 4.04. The van der Waals surface area contributed by atoms with Gasteiger partial charge in [-0.15, -0.1) is 0 Å². The van der Waals surface area contributed by atoms with Gasteiger partial charge in [0, 0.05) is 25.3 Å². The summed E-state index contributed by atoms with van der Waals surface area (Å²) in [7, 11) is 0. The van der Waals surface area contributed by atoms with Crippen molar-refractivity contribution in [2.24, 2.45) is 5.92 Å². The Labute approximate surface area is 172 Å². The van der Waals surface area contributed by atoms with Crippen molar-refractivity contribution < 1.29 is 9.53 Å². The number of morpholine rings is 1. The molecule has 1 fully saturated rings. The molecule has 0 spiro atoms. The van der Waals surface area contributed by atoms with Crippen LogP contribution < -0.4 is 4.90 Å². The molecule has 2 aliphatic rings. The van der Waals surface area contributed by atoms with E-state index in [1.165, 1.54) is 0 Å². The van der Waals surface area contributed by atoms with Gasteiger partial charge in [0.2, 0.25) is 5.95 Å². The molecule has 1 aromatic heterocycles. The van der Waals surface area contributed by atoms with Gasteiger partial charge in [-0.1, -0.05) is 44.2 Å². The van der Waals surface area contributed by atoms with E-state index in [0.29, 0.717) is 32.2 Å². The molecule has 0 saturated carbocycles. The minimum absolute atomic E-state index is 0.0651. The van der Waals surface area contributed by atoms with Gasteiger partial charge in [-0.05, 0) is 24.8 Å². The second-order valence-electron chi connectivity index (χ2n) is 8.06. The Kier molecular flexibility index (Phi) is 5.67. The second-order valence-corrected chi connectivity index (χ2v) is 8.06. The van der Waals surface area contributed by atoms with Crippen molar-refractivity contribution in [2.45, 2.75) is 33.2 Å². The number of carbonyl (C=O) groups is 1. The topological polar surface area (TPSA) is 63.5 Å². The number of hydrogen-bond donors (Lipinski definition) is 0. The van der Waals surface area contributed by atoms with E-state index < -0.39 is 0 Å². The van der Waals surface area contributed by atoms with Gasteiger partial charge in [0.15, 0.2) is 0 Å². The van der Waals surface area contributed by atoms with E-state index in [2.05, 4.69) is 41.0 Å². The van der Waals surface area contributed by atoms with Crippen LogP contribution >= 0.6 is 0 Å². The van der Waals surface area contributed by atoms with Gasteiger partial charge in [-0.3, -0.25) is 4.79 Å². The molecule has 29 heavy (non-hydrogen) atoms. The summed E-state index contributed by atoms with van der Waals surface area (Å²) in [6.07, 6.45) is 2.60. The van der Waals surface area contributed by atoms with Crippen LogP contribution in [0.4, 0.5) is 5.95 Å². The fraction of sp³-hybridized carbons (Fsp3) is 0.500. The minimum Gasteiger partial charge on any atom is -0.378 e. The van der Waals surface area contributed by atoms with Crippen LogP contribution in [0.2, 0.25) is 0 Å². The zero-order chi connectivity index (χ0) is 20.4. The summed E-state index contributed by atoms with van der Waals surface area (Å²) in [5, 5.41) is 4.54. The third-order valence-electron chi connectivity index (χ3n) is 5.68. The number of amides is 1. The number of fused-ring (bicyclic) bond motifs is 1. The van der Waals surface area contributed by atoms with Crippen molar-refractivity contribution in [1.82, 2.24) is 19.7 Å². The number of ether oxygens (including phenoxy) is 1. The Bertz CT molecular complexity index is 884. The molecule has 0 aliphatic carbocycles.